The molecule has 19 heavy (non-hydrogen) atoms. The lowest BCUT2D eigenvalue weighted by molar-refractivity contribution is 0.457. The molecule has 0 atom stereocenters. The Morgan fingerprint density at radius 2 is 1.89 bits per heavy atom. The van der Waals surface area contributed by atoms with Gasteiger partial charge < -0.3 is 4.74 Å². The third-order valence-corrected chi connectivity index (χ3v) is 3.31. The third-order valence-electron chi connectivity index (χ3n) is 2.31. The van der Waals surface area contributed by atoms with Crippen molar-refractivity contribution in [3.8, 4) is 11.6 Å². The van der Waals surface area contributed by atoms with Crippen molar-refractivity contribution in [2.24, 2.45) is 0 Å². The van der Waals surface area contributed by atoms with Crippen molar-refractivity contribution in [2.45, 2.75) is 19.8 Å². The van der Waals surface area contributed by atoms with E-state index in [0.29, 0.717) is 27.6 Å². The largest absolute Gasteiger partial charge is 0.437 e. The monoisotopic (exact) mass is 360 g/mol. The zero-order chi connectivity index (χ0) is 14.0. The van der Waals surface area contributed by atoms with Gasteiger partial charge in [-0.3, -0.25) is 0 Å². The smallest absolute Gasteiger partial charge is 0.224 e. The first-order chi connectivity index (χ1) is 8.95. The zero-order valence-corrected chi connectivity index (χ0v) is 13.4. The normalized spacial score (nSPS) is 10.8. The molecule has 2 rings (SSSR count). The van der Waals surface area contributed by atoms with Crippen molar-refractivity contribution in [3.05, 3.63) is 44.7 Å². The van der Waals surface area contributed by atoms with Crippen LogP contribution >= 0.6 is 39.1 Å². The van der Waals surface area contributed by atoms with Gasteiger partial charge in [0.25, 0.3) is 0 Å². The summed E-state index contributed by atoms with van der Waals surface area (Å²) in [4.78, 5) is 8.45. The van der Waals surface area contributed by atoms with Gasteiger partial charge >= 0.3 is 0 Å². The van der Waals surface area contributed by atoms with Crippen LogP contribution in [0.3, 0.4) is 0 Å². The fourth-order valence-corrected chi connectivity index (χ4v) is 2.07. The van der Waals surface area contributed by atoms with Crippen molar-refractivity contribution < 1.29 is 4.74 Å². The Hall–Kier alpha value is -0.840. The van der Waals surface area contributed by atoms with Crippen LogP contribution in [0.5, 0.6) is 11.6 Å². The summed E-state index contributed by atoms with van der Waals surface area (Å²) in [5, 5.41) is 0.851. The van der Waals surface area contributed by atoms with Crippen LogP contribution in [0.15, 0.2) is 28.7 Å². The molecule has 0 spiro atoms. The van der Waals surface area contributed by atoms with E-state index in [1.54, 1.807) is 18.2 Å². The Morgan fingerprint density at radius 1 is 1.16 bits per heavy atom. The topological polar surface area (TPSA) is 35.0 Å². The molecular formula is C13H11BrCl2N2O. The Balaban J connectivity index is 2.35. The van der Waals surface area contributed by atoms with Crippen LogP contribution in [0.2, 0.25) is 10.2 Å². The lowest BCUT2D eigenvalue weighted by Crippen LogP contribution is -2.00. The molecule has 0 radical (unpaired) electrons. The van der Waals surface area contributed by atoms with Crippen LogP contribution in [0.1, 0.15) is 25.6 Å². The Kier molecular flexibility index (Phi) is 4.66. The molecule has 0 saturated carbocycles. The molecule has 6 heteroatoms. The van der Waals surface area contributed by atoms with Crippen LogP contribution in [0, 0.1) is 0 Å². The number of hydrogen-bond donors (Lipinski definition) is 0. The standard InChI is InChI=1S/C13H11BrCl2N2O/c1-7(2)13-17-11(16)6-12(18-13)19-10-5-8(14)3-4-9(10)15/h3-7H,1-2H3. The van der Waals surface area contributed by atoms with E-state index in [2.05, 4.69) is 25.9 Å². The van der Waals surface area contributed by atoms with Gasteiger partial charge in [0.15, 0.2) is 0 Å². The van der Waals surface area contributed by atoms with Gasteiger partial charge in [0.05, 0.1) is 5.02 Å². The number of hydrogen-bond acceptors (Lipinski definition) is 3. The van der Waals surface area contributed by atoms with Crippen molar-refractivity contribution in [3.63, 3.8) is 0 Å². The van der Waals surface area contributed by atoms with E-state index >= 15 is 0 Å². The number of ether oxygens (including phenoxy) is 1. The number of halogens is 3. The Bertz CT molecular complexity index is 605. The van der Waals surface area contributed by atoms with Crippen molar-refractivity contribution in [1.82, 2.24) is 9.97 Å². The molecule has 1 aromatic heterocycles. The lowest BCUT2D eigenvalue weighted by atomic mass is 10.2. The van der Waals surface area contributed by atoms with E-state index in [9.17, 15) is 0 Å². The van der Waals surface area contributed by atoms with E-state index in [1.165, 1.54) is 0 Å². The highest BCUT2D eigenvalue weighted by Crippen LogP contribution is 2.32. The second-order valence-corrected chi connectivity index (χ2v) is 5.93. The molecule has 0 aliphatic rings. The first-order valence-electron chi connectivity index (χ1n) is 5.63. The minimum Gasteiger partial charge on any atom is -0.437 e. The molecule has 100 valence electrons. The summed E-state index contributed by atoms with van der Waals surface area (Å²) in [6.07, 6.45) is 0. The average molecular weight is 362 g/mol. The Morgan fingerprint density at radius 3 is 2.58 bits per heavy atom. The van der Waals surface area contributed by atoms with Crippen molar-refractivity contribution in [2.75, 3.05) is 0 Å². The van der Waals surface area contributed by atoms with Crippen molar-refractivity contribution in [1.29, 1.82) is 0 Å². The summed E-state index contributed by atoms with van der Waals surface area (Å²) in [6.45, 7) is 3.98. The molecule has 0 unspecified atom stereocenters. The number of nitrogens with zero attached hydrogens (tertiary/aromatic N) is 2. The van der Waals surface area contributed by atoms with Gasteiger partial charge in [0, 0.05) is 16.5 Å². The molecule has 0 fully saturated rings. The molecule has 1 aromatic carbocycles. The molecule has 2 aromatic rings. The fraction of sp³-hybridized carbons (Fsp3) is 0.231. The maximum atomic E-state index is 6.07. The van der Waals surface area contributed by atoms with Gasteiger partial charge in [-0.05, 0) is 18.2 Å². The minimum absolute atomic E-state index is 0.166. The predicted octanol–water partition coefficient (Wildman–Crippen LogP) is 5.46. The van der Waals surface area contributed by atoms with Crippen molar-refractivity contribution >= 4 is 39.1 Å². The zero-order valence-electron chi connectivity index (χ0n) is 10.3. The second-order valence-electron chi connectivity index (χ2n) is 4.22. The van der Waals surface area contributed by atoms with Gasteiger partial charge in [0.1, 0.15) is 16.7 Å². The van der Waals surface area contributed by atoms with Crippen LogP contribution in [-0.4, -0.2) is 9.97 Å². The SMILES string of the molecule is CC(C)c1nc(Cl)cc(Oc2cc(Br)ccc2Cl)n1. The molecule has 0 N–H and O–H groups in total. The first kappa shape index (κ1) is 14.6. The molecule has 3 nitrogen and oxygen atoms in total. The maximum absolute atomic E-state index is 6.07. The summed E-state index contributed by atoms with van der Waals surface area (Å²) < 4.78 is 6.54. The molecular weight excluding hydrogens is 351 g/mol. The van der Waals surface area contributed by atoms with Crippen LogP contribution in [0.4, 0.5) is 0 Å². The molecule has 0 bridgehead atoms. The summed E-state index contributed by atoms with van der Waals surface area (Å²) in [5.41, 5.74) is 0. The number of benzene rings is 1. The van der Waals surface area contributed by atoms with Crippen LogP contribution in [-0.2, 0) is 0 Å². The Labute approximate surface area is 130 Å². The quantitative estimate of drug-likeness (QED) is 0.680. The molecule has 0 saturated heterocycles. The fourth-order valence-electron chi connectivity index (χ4n) is 1.39. The summed E-state index contributed by atoms with van der Waals surface area (Å²) >= 11 is 15.4. The van der Waals surface area contributed by atoms with Crippen LogP contribution in [0.25, 0.3) is 0 Å². The van der Waals surface area contributed by atoms with Gasteiger partial charge in [-0.1, -0.05) is 53.0 Å². The van der Waals surface area contributed by atoms with E-state index < -0.39 is 0 Å². The van der Waals surface area contributed by atoms with E-state index in [-0.39, 0.29) is 5.92 Å². The van der Waals surface area contributed by atoms with Gasteiger partial charge in [0.2, 0.25) is 5.88 Å². The first-order valence-corrected chi connectivity index (χ1v) is 7.18. The van der Waals surface area contributed by atoms with Gasteiger partial charge in [-0.15, -0.1) is 0 Å². The lowest BCUT2D eigenvalue weighted by Gasteiger charge is -2.10. The number of rotatable bonds is 3. The third kappa shape index (κ3) is 3.81. The molecule has 0 aliphatic carbocycles. The highest BCUT2D eigenvalue weighted by Gasteiger charge is 2.10. The van der Waals surface area contributed by atoms with Crippen LogP contribution < -0.4 is 4.74 Å². The average Bonchev–Trinajstić information content (AvgIpc) is 2.33. The molecule has 1 heterocycles. The second kappa shape index (κ2) is 6.07. The number of aromatic nitrogens is 2. The van der Waals surface area contributed by atoms with Gasteiger partial charge in [-0.25, -0.2) is 4.98 Å². The molecule has 0 aliphatic heterocycles. The predicted molar refractivity (Wildman–Crippen MR) is 80.4 cm³/mol. The van der Waals surface area contributed by atoms with E-state index in [0.717, 1.165) is 4.47 Å². The minimum atomic E-state index is 0.166. The summed E-state index contributed by atoms with van der Waals surface area (Å²) in [6, 6.07) is 6.91. The maximum Gasteiger partial charge on any atom is 0.224 e. The summed E-state index contributed by atoms with van der Waals surface area (Å²) in [5.74, 6) is 1.69. The van der Waals surface area contributed by atoms with E-state index in [4.69, 9.17) is 27.9 Å². The van der Waals surface area contributed by atoms with Gasteiger partial charge in [-0.2, -0.15) is 4.98 Å². The molecule has 0 amide bonds. The van der Waals surface area contributed by atoms with E-state index in [1.807, 2.05) is 19.9 Å². The highest BCUT2D eigenvalue weighted by molar-refractivity contribution is 9.10. The summed E-state index contributed by atoms with van der Waals surface area (Å²) in [7, 11) is 0. The highest BCUT2D eigenvalue weighted by atomic mass is 79.9.